The zero-order valence-electron chi connectivity index (χ0n) is 12.3. The molecule has 5 heteroatoms. The Morgan fingerprint density at radius 3 is 2.50 bits per heavy atom. The lowest BCUT2D eigenvalue weighted by Gasteiger charge is -2.29. The SMILES string of the molecule is CCN1CCCC1CNC(=O)C1CCCCC1C(=O)O. The molecule has 0 aromatic rings. The molecule has 3 unspecified atom stereocenters. The summed E-state index contributed by atoms with van der Waals surface area (Å²) in [5.74, 6) is -1.70. The van der Waals surface area contributed by atoms with Crippen molar-refractivity contribution in [1.29, 1.82) is 0 Å². The Bertz CT molecular complexity index is 359. The summed E-state index contributed by atoms with van der Waals surface area (Å²) in [6.07, 6.45) is 5.55. The minimum absolute atomic E-state index is 0.0555. The van der Waals surface area contributed by atoms with Gasteiger partial charge in [-0.15, -0.1) is 0 Å². The maximum atomic E-state index is 12.3. The lowest BCUT2D eigenvalue weighted by Crippen LogP contribution is -2.45. The molecule has 2 rings (SSSR count). The van der Waals surface area contributed by atoms with Crippen LogP contribution in [-0.2, 0) is 9.59 Å². The van der Waals surface area contributed by atoms with Crippen LogP contribution >= 0.6 is 0 Å². The number of likely N-dealkylation sites (tertiary alicyclic amines) is 1. The second-order valence-corrected chi connectivity index (χ2v) is 6.01. The Morgan fingerprint density at radius 2 is 1.85 bits per heavy atom. The van der Waals surface area contributed by atoms with Crippen LogP contribution in [0, 0.1) is 11.8 Å². The number of amides is 1. The zero-order chi connectivity index (χ0) is 14.5. The topological polar surface area (TPSA) is 69.6 Å². The Kier molecular flexibility index (Phi) is 5.40. The molecule has 2 fully saturated rings. The Hall–Kier alpha value is -1.10. The molecule has 1 saturated carbocycles. The molecular formula is C15H26N2O3. The first kappa shape index (κ1) is 15.3. The largest absolute Gasteiger partial charge is 0.481 e. The number of rotatable bonds is 5. The van der Waals surface area contributed by atoms with E-state index in [0.29, 0.717) is 25.4 Å². The van der Waals surface area contributed by atoms with Crippen molar-refractivity contribution < 1.29 is 14.7 Å². The van der Waals surface area contributed by atoms with Gasteiger partial charge in [-0.25, -0.2) is 0 Å². The van der Waals surface area contributed by atoms with Gasteiger partial charge in [-0.3, -0.25) is 14.5 Å². The molecule has 0 aromatic carbocycles. The van der Waals surface area contributed by atoms with Crippen molar-refractivity contribution in [3.63, 3.8) is 0 Å². The van der Waals surface area contributed by atoms with Crippen LogP contribution in [0.2, 0.25) is 0 Å². The van der Waals surface area contributed by atoms with Gasteiger partial charge in [0.2, 0.25) is 5.91 Å². The number of carboxylic acids is 1. The molecular weight excluding hydrogens is 256 g/mol. The summed E-state index contributed by atoms with van der Waals surface area (Å²) < 4.78 is 0. The second kappa shape index (κ2) is 7.07. The molecule has 2 N–H and O–H groups in total. The highest BCUT2D eigenvalue weighted by Gasteiger charge is 2.36. The first-order valence-corrected chi connectivity index (χ1v) is 7.88. The van der Waals surface area contributed by atoms with Crippen LogP contribution in [0.15, 0.2) is 0 Å². The molecule has 2 aliphatic rings. The van der Waals surface area contributed by atoms with Gasteiger partial charge >= 0.3 is 5.97 Å². The van der Waals surface area contributed by atoms with Gasteiger partial charge in [-0.05, 0) is 38.8 Å². The van der Waals surface area contributed by atoms with Gasteiger partial charge in [-0.1, -0.05) is 19.8 Å². The van der Waals surface area contributed by atoms with Crippen LogP contribution in [0.3, 0.4) is 0 Å². The molecule has 0 aromatic heterocycles. The molecule has 1 aliphatic carbocycles. The summed E-state index contributed by atoms with van der Waals surface area (Å²) in [7, 11) is 0. The second-order valence-electron chi connectivity index (χ2n) is 6.01. The molecule has 20 heavy (non-hydrogen) atoms. The van der Waals surface area contributed by atoms with Crippen LogP contribution in [0.1, 0.15) is 45.4 Å². The highest BCUT2D eigenvalue weighted by molar-refractivity contribution is 5.84. The summed E-state index contributed by atoms with van der Waals surface area (Å²) in [6.45, 7) is 4.93. The van der Waals surface area contributed by atoms with E-state index < -0.39 is 11.9 Å². The standard InChI is InChI=1S/C15H26N2O3/c1-2-17-9-5-6-11(17)10-16-14(18)12-7-3-4-8-13(12)15(19)20/h11-13H,2-10H2,1H3,(H,16,18)(H,19,20). The van der Waals surface area contributed by atoms with E-state index in [1.165, 1.54) is 6.42 Å². The highest BCUT2D eigenvalue weighted by atomic mass is 16.4. The molecule has 5 nitrogen and oxygen atoms in total. The molecule has 1 heterocycles. The van der Waals surface area contributed by atoms with Gasteiger partial charge < -0.3 is 10.4 Å². The monoisotopic (exact) mass is 282 g/mol. The highest BCUT2D eigenvalue weighted by Crippen LogP contribution is 2.30. The first-order chi connectivity index (χ1) is 9.63. The number of nitrogens with zero attached hydrogens (tertiary/aromatic N) is 1. The average molecular weight is 282 g/mol. The summed E-state index contributed by atoms with van der Waals surface area (Å²) in [4.78, 5) is 25.9. The van der Waals surface area contributed by atoms with Crippen molar-refractivity contribution >= 4 is 11.9 Å². The van der Waals surface area contributed by atoms with E-state index in [1.54, 1.807) is 0 Å². The van der Waals surface area contributed by atoms with Gasteiger partial charge in [0.05, 0.1) is 11.8 Å². The van der Waals surface area contributed by atoms with Gasteiger partial charge in [0, 0.05) is 12.6 Å². The number of hydrogen-bond donors (Lipinski definition) is 2. The van der Waals surface area contributed by atoms with Crippen LogP contribution < -0.4 is 5.32 Å². The molecule has 0 spiro atoms. The minimum Gasteiger partial charge on any atom is -0.481 e. The van der Waals surface area contributed by atoms with Crippen molar-refractivity contribution in [2.24, 2.45) is 11.8 Å². The maximum Gasteiger partial charge on any atom is 0.307 e. The molecule has 1 saturated heterocycles. The predicted molar refractivity (Wildman–Crippen MR) is 76.4 cm³/mol. The summed E-state index contributed by atoms with van der Waals surface area (Å²) in [5.41, 5.74) is 0. The van der Waals surface area contributed by atoms with Crippen molar-refractivity contribution in [1.82, 2.24) is 10.2 Å². The molecule has 1 amide bonds. The van der Waals surface area contributed by atoms with Gasteiger partial charge in [-0.2, -0.15) is 0 Å². The van der Waals surface area contributed by atoms with E-state index in [9.17, 15) is 14.7 Å². The van der Waals surface area contributed by atoms with E-state index in [-0.39, 0.29) is 11.8 Å². The first-order valence-electron chi connectivity index (χ1n) is 7.88. The van der Waals surface area contributed by atoms with E-state index in [2.05, 4.69) is 17.1 Å². The average Bonchev–Trinajstić information content (AvgIpc) is 2.92. The molecule has 114 valence electrons. The molecule has 3 atom stereocenters. The summed E-state index contributed by atoms with van der Waals surface area (Å²) >= 11 is 0. The van der Waals surface area contributed by atoms with E-state index in [1.807, 2.05) is 0 Å². The quantitative estimate of drug-likeness (QED) is 0.801. The van der Waals surface area contributed by atoms with Gasteiger partial charge in [0.1, 0.15) is 0 Å². The third-order valence-electron chi connectivity index (χ3n) is 4.84. The van der Waals surface area contributed by atoms with Crippen LogP contribution in [0.5, 0.6) is 0 Å². The predicted octanol–water partition coefficient (Wildman–Crippen LogP) is 1.48. The number of likely N-dealkylation sites (N-methyl/N-ethyl adjacent to an activating group) is 1. The van der Waals surface area contributed by atoms with Crippen LogP contribution in [0.25, 0.3) is 0 Å². The van der Waals surface area contributed by atoms with Gasteiger partial charge in [0.15, 0.2) is 0 Å². The molecule has 1 aliphatic heterocycles. The summed E-state index contributed by atoms with van der Waals surface area (Å²) in [5, 5.41) is 12.2. The minimum atomic E-state index is -0.819. The van der Waals surface area contributed by atoms with Crippen molar-refractivity contribution in [3.05, 3.63) is 0 Å². The normalized spacial score (nSPS) is 31.1. The number of carbonyl (C=O) groups excluding carboxylic acids is 1. The Labute approximate surface area is 120 Å². The maximum absolute atomic E-state index is 12.3. The van der Waals surface area contributed by atoms with E-state index >= 15 is 0 Å². The van der Waals surface area contributed by atoms with Gasteiger partial charge in [0.25, 0.3) is 0 Å². The fourth-order valence-electron chi connectivity index (χ4n) is 3.63. The smallest absolute Gasteiger partial charge is 0.307 e. The molecule has 0 bridgehead atoms. The third-order valence-corrected chi connectivity index (χ3v) is 4.84. The third kappa shape index (κ3) is 3.51. The van der Waals surface area contributed by atoms with E-state index in [4.69, 9.17) is 0 Å². The number of nitrogens with one attached hydrogen (secondary N) is 1. The number of carbonyl (C=O) groups is 2. The van der Waals surface area contributed by atoms with Crippen molar-refractivity contribution in [2.45, 2.75) is 51.5 Å². The number of hydrogen-bond acceptors (Lipinski definition) is 3. The van der Waals surface area contributed by atoms with Crippen LogP contribution in [0.4, 0.5) is 0 Å². The van der Waals surface area contributed by atoms with Crippen molar-refractivity contribution in [3.8, 4) is 0 Å². The molecule has 0 radical (unpaired) electrons. The number of aliphatic carboxylic acids is 1. The Balaban J connectivity index is 1.85. The fourth-order valence-corrected chi connectivity index (χ4v) is 3.63. The fraction of sp³-hybridized carbons (Fsp3) is 0.867. The summed E-state index contributed by atoms with van der Waals surface area (Å²) in [6, 6.07) is 0.427. The lowest BCUT2D eigenvalue weighted by atomic mass is 9.78. The van der Waals surface area contributed by atoms with E-state index in [0.717, 1.165) is 32.4 Å². The van der Waals surface area contributed by atoms with Crippen molar-refractivity contribution in [2.75, 3.05) is 19.6 Å². The van der Waals surface area contributed by atoms with Crippen LogP contribution in [-0.4, -0.2) is 47.6 Å². The zero-order valence-corrected chi connectivity index (χ0v) is 12.3. The Morgan fingerprint density at radius 1 is 1.15 bits per heavy atom. The lowest BCUT2D eigenvalue weighted by molar-refractivity contribution is -0.148. The number of carboxylic acid groups (broad SMARTS) is 1.